The third-order valence-electron chi connectivity index (χ3n) is 7.51. The summed E-state index contributed by atoms with van der Waals surface area (Å²) in [4.78, 5) is 56.9. The Balaban J connectivity index is 1.57. The van der Waals surface area contributed by atoms with E-state index in [1.165, 1.54) is 4.90 Å². The molecule has 0 saturated carbocycles. The highest BCUT2D eigenvalue weighted by Crippen LogP contribution is 2.58. The Labute approximate surface area is 202 Å². The van der Waals surface area contributed by atoms with E-state index in [4.69, 9.17) is 4.74 Å². The summed E-state index contributed by atoms with van der Waals surface area (Å²) < 4.78 is 6.31. The van der Waals surface area contributed by atoms with Gasteiger partial charge < -0.3 is 4.74 Å². The molecule has 0 bridgehead atoms. The van der Waals surface area contributed by atoms with Crippen LogP contribution in [0.1, 0.15) is 49.1 Å². The fraction of sp³-hybridized carbons (Fsp3) is 0.241. The number of carbonyl (C=O) groups is 4. The van der Waals surface area contributed by atoms with Crippen molar-refractivity contribution in [2.24, 2.45) is 11.8 Å². The van der Waals surface area contributed by atoms with Gasteiger partial charge in [0.25, 0.3) is 0 Å². The van der Waals surface area contributed by atoms with Gasteiger partial charge in [-0.15, -0.1) is 0 Å². The molecule has 174 valence electrons. The molecule has 0 N–H and O–H groups in total. The van der Waals surface area contributed by atoms with Crippen molar-refractivity contribution in [3.05, 3.63) is 100 Å². The van der Waals surface area contributed by atoms with Crippen LogP contribution in [0.5, 0.6) is 0 Å². The van der Waals surface area contributed by atoms with Gasteiger partial charge in [-0.3, -0.25) is 19.2 Å². The van der Waals surface area contributed by atoms with Crippen LogP contribution in [-0.2, 0) is 14.3 Å². The summed E-state index contributed by atoms with van der Waals surface area (Å²) in [5, 5.41) is 0. The topological polar surface area (TPSA) is 80.8 Å². The van der Waals surface area contributed by atoms with Gasteiger partial charge in [-0.1, -0.05) is 72.3 Å². The smallest absolute Gasteiger partial charge is 0.241 e. The van der Waals surface area contributed by atoms with Gasteiger partial charge in [0, 0.05) is 11.1 Å². The molecule has 3 aromatic rings. The number of hydrogen-bond donors (Lipinski definition) is 0. The summed E-state index contributed by atoms with van der Waals surface area (Å²) in [6.07, 6.45) is -0.907. The van der Waals surface area contributed by atoms with Crippen molar-refractivity contribution < 1.29 is 23.9 Å². The number of ketones is 2. The highest BCUT2D eigenvalue weighted by atomic mass is 16.5. The van der Waals surface area contributed by atoms with Gasteiger partial charge in [0.05, 0.1) is 23.6 Å². The fourth-order valence-corrected chi connectivity index (χ4v) is 6.21. The van der Waals surface area contributed by atoms with E-state index in [2.05, 4.69) is 0 Å². The normalized spacial score (nSPS) is 24.4. The molecular weight excluding hydrogens is 442 g/mol. The number of imide groups is 1. The van der Waals surface area contributed by atoms with E-state index in [0.29, 0.717) is 11.3 Å². The third-order valence-corrected chi connectivity index (χ3v) is 7.51. The van der Waals surface area contributed by atoms with E-state index in [1.807, 2.05) is 39.0 Å². The first-order chi connectivity index (χ1) is 16.8. The van der Waals surface area contributed by atoms with Gasteiger partial charge in [0.2, 0.25) is 29.0 Å². The molecule has 1 spiro atoms. The predicted molar refractivity (Wildman–Crippen MR) is 128 cm³/mol. The van der Waals surface area contributed by atoms with Crippen LogP contribution in [0.3, 0.4) is 0 Å². The maximum absolute atomic E-state index is 14.1. The zero-order chi connectivity index (χ0) is 24.6. The second-order valence-corrected chi connectivity index (χ2v) is 9.65. The number of amides is 2. The summed E-state index contributed by atoms with van der Waals surface area (Å²) in [5.41, 5.74) is 2.14. The Morgan fingerprint density at radius 2 is 1.29 bits per heavy atom. The van der Waals surface area contributed by atoms with Crippen molar-refractivity contribution in [2.75, 3.05) is 4.90 Å². The quantitative estimate of drug-likeness (QED) is 0.416. The van der Waals surface area contributed by atoms with E-state index in [0.717, 1.165) is 16.7 Å². The minimum atomic E-state index is -2.05. The third kappa shape index (κ3) is 2.68. The molecule has 0 aromatic heterocycles. The molecule has 2 aliphatic heterocycles. The number of benzene rings is 3. The largest absolute Gasteiger partial charge is 0.349 e. The molecule has 3 aromatic carbocycles. The van der Waals surface area contributed by atoms with E-state index in [9.17, 15) is 19.2 Å². The number of nitrogens with zero attached hydrogens (tertiary/aromatic N) is 1. The van der Waals surface area contributed by atoms with Crippen LogP contribution >= 0.6 is 0 Å². The molecule has 2 heterocycles. The Morgan fingerprint density at radius 1 is 0.743 bits per heavy atom. The second kappa shape index (κ2) is 7.30. The number of anilines is 1. The Hall–Kier alpha value is -3.90. The summed E-state index contributed by atoms with van der Waals surface area (Å²) in [7, 11) is 0. The lowest BCUT2D eigenvalue weighted by Gasteiger charge is -2.28. The minimum absolute atomic E-state index is 0.228. The summed E-state index contributed by atoms with van der Waals surface area (Å²) in [6, 6.07) is 19.4. The molecule has 1 aliphatic carbocycles. The average Bonchev–Trinajstić information content (AvgIpc) is 3.40. The van der Waals surface area contributed by atoms with Crippen molar-refractivity contribution in [3.63, 3.8) is 0 Å². The molecule has 35 heavy (non-hydrogen) atoms. The average molecular weight is 466 g/mol. The van der Waals surface area contributed by atoms with Crippen LogP contribution in [0.15, 0.2) is 66.7 Å². The Kier molecular flexibility index (Phi) is 4.51. The van der Waals surface area contributed by atoms with Gasteiger partial charge in [-0.05, 0) is 37.5 Å². The molecule has 0 unspecified atom stereocenters. The summed E-state index contributed by atoms with van der Waals surface area (Å²) >= 11 is 0. The molecule has 2 amide bonds. The van der Waals surface area contributed by atoms with Crippen molar-refractivity contribution in [3.8, 4) is 0 Å². The van der Waals surface area contributed by atoms with Crippen molar-refractivity contribution in [1.82, 2.24) is 0 Å². The van der Waals surface area contributed by atoms with E-state index >= 15 is 0 Å². The Bertz CT molecular complexity index is 1400. The van der Waals surface area contributed by atoms with Gasteiger partial charge in [-0.25, -0.2) is 4.90 Å². The maximum atomic E-state index is 14.1. The fourth-order valence-electron chi connectivity index (χ4n) is 6.21. The number of rotatable bonds is 2. The van der Waals surface area contributed by atoms with Crippen molar-refractivity contribution in [2.45, 2.75) is 32.5 Å². The van der Waals surface area contributed by atoms with E-state index < -0.39 is 46.9 Å². The predicted octanol–water partition coefficient (Wildman–Crippen LogP) is 4.31. The highest BCUT2D eigenvalue weighted by molar-refractivity contribution is 6.37. The monoisotopic (exact) mass is 465 g/mol. The number of carbonyl (C=O) groups excluding carboxylic acids is 4. The van der Waals surface area contributed by atoms with Crippen LogP contribution in [0.2, 0.25) is 0 Å². The van der Waals surface area contributed by atoms with Gasteiger partial charge in [-0.2, -0.15) is 0 Å². The highest BCUT2D eigenvalue weighted by Gasteiger charge is 2.74. The molecule has 2 saturated heterocycles. The van der Waals surface area contributed by atoms with Crippen LogP contribution in [0.4, 0.5) is 5.69 Å². The van der Waals surface area contributed by atoms with Crippen LogP contribution in [0.25, 0.3) is 0 Å². The number of ether oxygens (including phenoxy) is 1. The summed E-state index contributed by atoms with van der Waals surface area (Å²) in [5.74, 6) is -4.35. The maximum Gasteiger partial charge on any atom is 0.241 e. The molecule has 3 atom stereocenters. The minimum Gasteiger partial charge on any atom is -0.349 e. The number of hydrogen-bond acceptors (Lipinski definition) is 5. The molecule has 6 heteroatoms. The first kappa shape index (κ1) is 21.6. The number of aryl methyl sites for hydroxylation is 3. The van der Waals surface area contributed by atoms with Crippen LogP contribution in [-0.4, -0.2) is 29.0 Å². The lowest BCUT2D eigenvalue weighted by molar-refractivity contribution is -0.127. The zero-order valence-corrected chi connectivity index (χ0v) is 19.6. The molecule has 6 nitrogen and oxygen atoms in total. The lowest BCUT2D eigenvalue weighted by Crippen LogP contribution is -2.51. The number of fused-ring (bicyclic) bond motifs is 3. The molecule has 0 radical (unpaired) electrons. The van der Waals surface area contributed by atoms with Crippen LogP contribution in [0, 0.1) is 32.6 Å². The van der Waals surface area contributed by atoms with E-state index in [1.54, 1.807) is 48.5 Å². The second-order valence-electron chi connectivity index (χ2n) is 9.65. The molecule has 3 aliphatic rings. The van der Waals surface area contributed by atoms with Gasteiger partial charge in [0.1, 0.15) is 0 Å². The first-order valence-corrected chi connectivity index (χ1v) is 11.6. The van der Waals surface area contributed by atoms with Crippen molar-refractivity contribution >= 4 is 29.1 Å². The molecular formula is C29H23NO5. The standard InChI is InChI=1S/C29H23NO5/c1-15-13-16(2)23(17(3)14-15)30-27(33)21-22(28(30)34)29(35-24(21)18-9-5-4-6-10-18)25(31)19-11-7-8-12-20(19)26(29)32/h4-14,21-22,24H,1-3H3/t21-,22-,24-/m0/s1. The van der Waals surface area contributed by atoms with Gasteiger partial charge >= 0.3 is 0 Å². The van der Waals surface area contributed by atoms with Crippen molar-refractivity contribution in [1.29, 1.82) is 0 Å². The zero-order valence-electron chi connectivity index (χ0n) is 19.6. The first-order valence-electron chi connectivity index (χ1n) is 11.6. The van der Waals surface area contributed by atoms with Gasteiger partial charge in [0.15, 0.2) is 0 Å². The summed E-state index contributed by atoms with van der Waals surface area (Å²) in [6.45, 7) is 5.66. The Morgan fingerprint density at radius 3 is 1.86 bits per heavy atom. The number of Topliss-reactive ketones (excluding diaryl/α,β-unsaturated/α-hetero) is 2. The molecule has 6 rings (SSSR count). The van der Waals surface area contributed by atoms with Crippen LogP contribution < -0.4 is 4.90 Å². The molecule has 2 fully saturated rings. The van der Waals surface area contributed by atoms with E-state index in [-0.39, 0.29) is 11.1 Å². The lowest BCUT2D eigenvalue weighted by atomic mass is 9.77. The SMILES string of the molecule is Cc1cc(C)c(N2C(=O)[C@H]3[C@@H](C2=O)C2(O[C@H]3c3ccccc3)C(=O)c3ccccc3C2=O)c(C)c1.